The van der Waals surface area contributed by atoms with Crippen LogP contribution in [0.3, 0.4) is 0 Å². The van der Waals surface area contributed by atoms with Crippen LogP contribution < -0.4 is 4.90 Å². The molecule has 3 heterocycles. The summed E-state index contributed by atoms with van der Waals surface area (Å²) in [7, 11) is 1.33. The maximum absolute atomic E-state index is 14.0. The Bertz CT molecular complexity index is 1340. The lowest BCUT2D eigenvalue weighted by Gasteiger charge is -2.42. The molecular formula is C31H35ClF3N3O5. The normalized spacial score (nSPS) is 20.4. The molecule has 0 aliphatic carbocycles. The van der Waals surface area contributed by atoms with Gasteiger partial charge in [-0.3, -0.25) is 14.4 Å². The van der Waals surface area contributed by atoms with Gasteiger partial charge in [-0.2, -0.15) is 13.2 Å². The maximum atomic E-state index is 14.0. The lowest BCUT2D eigenvalue weighted by atomic mass is 9.78. The van der Waals surface area contributed by atoms with Crippen molar-refractivity contribution in [3.63, 3.8) is 0 Å². The van der Waals surface area contributed by atoms with Crippen LogP contribution in [-0.2, 0) is 19.9 Å². The minimum absolute atomic E-state index is 0.164. The van der Waals surface area contributed by atoms with E-state index in [-0.39, 0.29) is 36.8 Å². The van der Waals surface area contributed by atoms with Crippen molar-refractivity contribution in [3.05, 3.63) is 64.7 Å². The number of ether oxygens (including phenoxy) is 1. The highest BCUT2D eigenvalue weighted by atomic mass is 35.5. The molecule has 3 saturated heterocycles. The van der Waals surface area contributed by atoms with E-state index in [1.54, 1.807) is 17.0 Å². The van der Waals surface area contributed by atoms with Gasteiger partial charge in [-0.05, 0) is 55.7 Å². The van der Waals surface area contributed by atoms with E-state index in [1.807, 2.05) is 6.07 Å². The highest BCUT2D eigenvalue weighted by molar-refractivity contribution is 6.34. The topological polar surface area (TPSA) is 90.4 Å². The zero-order valence-corrected chi connectivity index (χ0v) is 24.6. The van der Waals surface area contributed by atoms with Crippen LogP contribution in [0.25, 0.3) is 0 Å². The number of carbonyl (C=O) groups is 3. The summed E-state index contributed by atoms with van der Waals surface area (Å²) in [4.78, 5) is 42.4. The quantitative estimate of drug-likeness (QED) is 0.478. The Kier molecular flexibility index (Phi) is 8.94. The lowest BCUT2D eigenvalue weighted by molar-refractivity contribution is -0.262. The summed E-state index contributed by atoms with van der Waals surface area (Å²) < 4.78 is 46.7. The molecule has 5 rings (SSSR count). The molecule has 2 aromatic carbocycles. The van der Waals surface area contributed by atoms with Gasteiger partial charge in [0.15, 0.2) is 0 Å². The van der Waals surface area contributed by atoms with E-state index in [0.29, 0.717) is 42.4 Å². The fraction of sp³-hybridized carbons (Fsp3) is 0.516. The summed E-state index contributed by atoms with van der Waals surface area (Å²) in [6.07, 6.45) is -2.22. The van der Waals surface area contributed by atoms with Crippen LogP contribution in [-0.4, -0.2) is 85.2 Å². The first-order valence-corrected chi connectivity index (χ1v) is 14.9. The molecule has 0 unspecified atom stereocenters. The van der Waals surface area contributed by atoms with E-state index in [1.165, 1.54) is 25.3 Å². The molecule has 0 spiro atoms. The number of alkyl halides is 3. The van der Waals surface area contributed by atoms with Crippen molar-refractivity contribution in [1.29, 1.82) is 0 Å². The molecule has 232 valence electrons. The Balaban J connectivity index is 1.13. The van der Waals surface area contributed by atoms with Gasteiger partial charge in [0.2, 0.25) is 0 Å². The number of nitrogens with zero attached hydrogens (tertiary/aromatic N) is 3. The number of hydrogen-bond acceptors (Lipinski definition) is 6. The number of anilines is 1. The number of esters is 1. The number of rotatable bonds is 6. The van der Waals surface area contributed by atoms with Gasteiger partial charge >= 0.3 is 12.1 Å². The van der Waals surface area contributed by atoms with E-state index in [0.717, 1.165) is 48.7 Å². The fourth-order valence-corrected chi connectivity index (χ4v) is 6.78. The van der Waals surface area contributed by atoms with Crippen LogP contribution in [0.5, 0.6) is 0 Å². The van der Waals surface area contributed by atoms with Crippen LogP contribution in [0.2, 0.25) is 5.02 Å². The number of halogens is 4. The number of piperidine rings is 2. The molecule has 3 aliphatic heterocycles. The van der Waals surface area contributed by atoms with Crippen LogP contribution in [0.15, 0.2) is 48.5 Å². The maximum Gasteiger partial charge on any atom is 0.430 e. The average molecular weight is 622 g/mol. The SMILES string of the molecule is COC(=O)C1CN(C(=O)c2ccc(N3CCC(C4CCN(C(=O)[C@](O)(c5ccccc5)C(F)(F)F)CC4)CC3)cc2Cl)C1. The monoisotopic (exact) mass is 621 g/mol. The predicted molar refractivity (Wildman–Crippen MR) is 153 cm³/mol. The fourth-order valence-electron chi connectivity index (χ4n) is 6.52. The summed E-state index contributed by atoms with van der Waals surface area (Å²) >= 11 is 6.50. The Morgan fingerprint density at radius 3 is 2.00 bits per heavy atom. The highest BCUT2D eigenvalue weighted by Gasteiger charge is 2.62. The lowest BCUT2D eigenvalue weighted by Crippen LogP contribution is -2.57. The molecule has 2 aromatic rings. The number of carbonyl (C=O) groups excluding carboxylic acids is 3. The second-order valence-corrected chi connectivity index (χ2v) is 12.0. The van der Waals surface area contributed by atoms with Crippen molar-refractivity contribution in [2.24, 2.45) is 17.8 Å². The first kappa shape index (κ1) is 31.1. The van der Waals surface area contributed by atoms with Crippen molar-refractivity contribution in [3.8, 4) is 0 Å². The molecule has 0 saturated carbocycles. The molecule has 43 heavy (non-hydrogen) atoms. The molecule has 0 radical (unpaired) electrons. The third-order valence-electron chi connectivity index (χ3n) is 9.20. The third kappa shape index (κ3) is 6.06. The number of hydrogen-bond donors (Lipinski definition) is 1. The second kappa shape index (κ2) is 12.4. The molecule has 1 N–H and O–H groups in total. The molecule has 3 fully saturated rings. The molecular weight excluding hydrogens is 587 g/mol. The number of aliphatic hydroxyl groups is 1. The van der Waals surface area contributed by atoms with E-state index < -0.39 is 23.2 Å². The van der Waals surface area contributed by atoms with Gasteiger partial charge in [0.05, 0.1) is 23.6 Å². The number of amides is 2. The van der Waals surface area contributed by atoms with Gasteiger partial charge in [0, 0.05) is 50.5 Å². The van der Waals surface area contributed by atoms with E-state index in [2.05, 4.69) is 4.90 Å². The molecule has 0 bridgehead atoms. The summed E-state index contributed by atoms with van der Waals surface area (Å²) in [5.41, 5.74) is -2.76. The van der Waals surface area contributed by atoms with Crippen molar-refractivity contribution in [2.75, 3.05) is 51.3 Å². The van der Waals surface area contributed by atoms with Crippen molar-refractivity contribution >= 4 is 35.1 Å². The standard InChI is InChI=1S/C31H35ClF3N3O5/c1-43-28(40)22-18-38(19-22)27(39)25-8-7-24(17-26(25)32)36-13-9-20(10-14-36)21-11-15-37(16-12-21)29(41)30(42,31(33,34)35)23-5-3-2-4-6-23/h2-8,17,20-22,42H,9-16,18-19H2,1H3/t30-/m1/s1. The van der Waals surface area contributed by atoms with Gasteiger partial charge in [0.25, 0.3) is 17.4 Å². The smallest absolute Gasteiger partial charge is 0.430 e. The summed E-state index contributed by atoms with van der Waals surface area (Å²) in [6, 6.07) is 11.9. The first-order valence-electron chi connectivity index (χ1n) is 14.5. The van der Waals surface area contributed by atoms with Crippen molar-refractivity contribution in [2.45, 2.75) is 37.5 Å². The van der Waals surface area contributed by atoms with Crippen LogP contribution in [0.4, 0.5) is 18.9 Å². The van der Waals surface area contributed by atoms with Crippen LogP contribution >= 0.6 is 11.6 Å². The van der Waals surface area contributed by atoms with Gasteiger partial charge in [-0.25, -0.2) is 0 Å². The van der Waals surface area contributed by atoms with Gasteiger partial charge < -0.3 is 24.5 Å². The molecule has 1 atom stereocenters. The summed E-state index contributed by atoms with van der Waals surface area (Å²) in [5.74, 6) is -1.54. The number of benzene rings is 2. The minimum Gasteiger partial charge on any atom is -0.469 e. The summed E-state index contributed by atoms with van der Waals surface area (Å²) in [6.45, 7) is 2.47. The Morgan fingerprint density at radius 1 is 0.884 bits per heavy atom. The molecule has 8 nitrogen and oxygen atoms in total. The van der Waals surface area contributed by atoms with Crippen LogP contribution in [0, 0.1) is 17.8 Å². The van der Waals surface area contributed by atoms with E-state index in [4.69, 9.17) is 16.3 Å². The largest absolute Gasteiger partial charge is 0.469 e. The molecule has 2 amide bonds. The zero-order valence-electron chi connectivity index (χ0n) is 23.9. The van der Waals surface area contributed by atoms with E-state index >= 15 is 0 Å². The highest BCUT2D eigenvalue weighted by Crippen LogP contribution is 2.42. The van der Waals surface area contributed by atoms with Crippen LogP contribution in [0.1, 0.15) is 41.6 Å². The molecule has 0 aromatic heterocycles. The van der Waals surface area contributed by atoms with E-state index in [9.17, 15) is 32.7 Å². The van der Waals surface area contributed by atoms with Crippen molar-refractivity contribution < 1.29 is 37.4 Å². The first-order chi connectivity index (χ1) is 20.4. The third-order valence-corrected chi connectivity index (χ3v) is 9.51. The van der Waals surface area contributed by atoms with Gasteiger partial charge in [0.1, 0.15) is 0 Å². The second-order valence-electron chi connectivity index (χ2n) is 11.6. The zero-order chi connectivity index (χ0) is 30.9. The predicted octanol–water partition coefficient (Wildman–Crippen LogP) is 4.49. The molecule has 3 aliphatic rings. The minimum atomic E-state index is -5.15. The average Bonchev–Trinajstić information content (AvgIpc) is 2.99. The summed E-state index contributed by atoms with van der Waals surface area (Å²) in [5, 5.41) is 11.0. The molecule has 12 heteroatoms. The van der Waals surface area contributed by atoms with Gasteiger partial charge in [-0.15, -0.1) is 0 Å². The number of methoxy groups -OCH3 is 1. The Labute approximate surface area is 253 Å². The number of likely N-dealkylation sites (tertiary alicyclic amines) is 2. The Morgan fingerprint density at radius 2 is 1.47 bits per heavy atom. The van der Waals surface area contributed by atoms with Crippen molar-refractivity contribution in [1.82, 2.24) is 9.80 Å². The van der Waals surface area contributed by atoms with Gasteiger partial charge in [-0.1, -0.05) is 41.9 Å². The Hall–Kier alpha value is -3.31.